The third-order valence-corrected chi connectivity index (χ3v) is 6.21. The Labute approximate surface area is 166 Å². The van der Waals surface area contributed by atoms with Crippen LogP contribution >= 0.6 is 0 Å². The molecular formula is C23H30N2O3. The first-order valence-electron chi connectivity index (χ1n) is 10.6. The van der Waals surface area contributed by atoms with E-state index in [-0.39, 0.29) is 23.6 Å². The first-order chi connectivity index (χ1) is 13.5. The average Bonchev–Trinajstić information content (AvgIpc) is 3.22. The number of rotatable bonds is 4. The van der Waals surface area contributed by atoms with E-state index in [0.29, 0.717) is 18.7 Å². The van der Waals surface area contributed by atoms with Crippen molar-refractivity contribution in [1.82, 2.24) is 9.88 Å². The molecule has 0 spiro atoms. The number of carbonyl (C=O) groups excluding carboxylic acids is 1. The molecular weight excluding hydrogens is 352 g/mol. The zero-order chi connectivity index (χ0) is 19.7. The van der Waals surface area contributed by atoms with Crippen molar-refractivity contribution in [2.45, 2.75) is 77.5 Å². The Kier molecular flexibility index (Phi) is 5.54. The van der Waals surface area contributed by atoms with Crippen molar-refractivity contribution in [1.29, 1.82) is 0 Å². The van der Waals surface area contributed by atoms with Crippen LogP contribution in [0.15, 0.2) is 23.0 Å². The maximum Gasteiger partial charge on any atom is 0.253 e. The molecule has 2 heterocycles. The Bertz CT molecular complexity index is 921. The number of fused-ring (bicyclic) bond motifs is 1. The molecule has 1 atom stereocenters. The van der Waals surface area contributed by atoms with Crippen LogP contribution in [0.25, 0.3) is 10.9 Å². The zero-order valence-electron chi connectivity index (χ0n) is 16.9. The molecule has 5 nitrogen and oxygen atoms in total. The van der Waals surface area contributed by atoms with E-state index in [1.165, 1.54) is 12.0 Å². The normalized spacial score (nSPS) is 20.6. The fourth-order valence-corrected chi connectivity index (χ4v) is 4.77. The molecule has 0 bridgehead atoms. The molecule has 28 heavy (non-hydrogen) atoms. The fraction of sp³-hybridized carbons (Fsp3) is 0.565. The number of aryl methyl sites for hydroxylation is 2. The Morgan fingerprint density at radius 2 is 1.89 bits per heavy atom. The second kappa shape index (κ2) is 8.08. The molecule has 0 unspecified atom stereocenters. The monoisotopic (exact) mass is 382 g/mol. The number of benzene rings is 1. The van der Waals surface area contributed by atoms with E-state index in [0.717, 1.165) is 55.0 Å². The van der Waals surface area contributed by atoms with Gasteiger partial charge in [0.1, 0.15) is 6.10 Å². The van der Waals surface area contributed by atoms with E-state index in [2.05, 4.69) is 24.0 Å². The topological polar surface area (TPSA) is 62.4 Å². The van der Waals surface area contributed by atoms with Gasteiger partial charge in [0.05, 0.1) is 12.1 Å². The minimum absolute atomic E-state index is 0.0596. The Morgan fingerprint density at radius 3 is 2.61 bits per heavy atom. The van der Waals surface area contributed by atoms with Gasteiger partial charge in [0.15, 0.2) is 0 Å². The van der Waals surface area contributed by atoms with Gasteiger partial charge >= 0.3 is 0 Å². The number of ether oxygens (including phenoxy) is 1. The molecule has 1 saturated carbocycles. The van der Waals surface area contributed by atoms with Crippen molar-refractivity contribution in [3.05, 3.63) is 45.2 Å². The third-order valence-electron chi connectivity index (χ3n) is 6.21. The number of nitrogens with one attached hydrogen (secondary N) is 1. The molecule has 150 valence electrons. The Morgan fingerprint density at radius 1 is 1.11 bits per heavy atom. The van der Waals surface area contributed by atoms with E-state index < -0.39 is 0 Å². The molecule has 1 N–H and O–H groups in total. The molecule has 0 radical (unpaired) electrons. The van der Waals surface area contributed by atoms with Gasteiger partial charge in [0.25, 0.3) is 11.5 Å². The second-order valence-electron chi connectivity index (χ2n) is 8.43. The fourth-order valence-electron chi connectivity index (χ4n) is 4.77. The van der Waals surface area contributed by atoms with Crippen molar-refractivity contribution in [3.8, 4) is 0 Å². The van der Waals surface area contributed by atoms with Crippen molar-refractivity contribution in [2.75, 3.05) is 6.61 Å². The van der Waals surface area contributed by atoms with Gasteiger partial charge in [0, 0.05) is 18.2 Å². The highest BCUT2D eigenvalue weighted by molar-refractivity contribution is 5.84. The van der Waals surface area contributed by atoms with Gasteiger partial charge in [-0.25, -0.2) is 0 Å². The maximum absolute atomic E-state index is 13.2. The average molecular weight is 383 g/mol. The minimum Gasteiger partial charge on any atom is -0.368 e. The van der Waals surface area contributed by atoms with Gasteiger partial charge in [-0.2, -0.15) is 0 Å². The molecule has 2 aliphatic rings. The molecule has 2 aromatic rings. The number of H-pyrrole nitrogens is 1. The highest BCUT2D eigenvalue weighted by atomic mass is 16.5. The van der Waals surface area contributed by atoms with E-state index in [1.54, 1.807) is 0 Å². The summed E-state index contributed by atoms with van der Waals surface area (Å²) in [6, 6.07) is 6.34. The van der Waals surface area contributed by atoms with Gasteiger partial charge in [-0.15, -0.1) is 0 Å². The first kappa shape index (κ1) is 19.2. The van der Waals surface area contributed by atoms with Crippen LogP contribution in [0.4, 0.5) is 0 Å². The number of amides is 1. The number of aromatic nitrogens is 1. The molecule has 5 heteroatoms. The van der Waals surface area contributed by atoms with Crippen molar-refractivity contribution >= 4 is 16.8 Å². The lowest BCUT2D eigenvalue weighted by atomic mass is 9.93. The summed E-state index contributed by atoms with van der Waals surface area (Å²) < 4.78 is 5.68. The van der Waals surface area contributed by atoms with Gasteiger partial charge < -0.3 is 14.6 Å². The van der Waals surface area contributed by atoms with E-state index in [9.17, 15) is 9.59 Å². The minimum atomic E-state index is -0.342. The van der Waals surface area contributed by atoms with Crippen LogP contribution in [0, 0.1) is 13.8 Å². The molecule has 1 saturated heterocycles. The number of pyridine rings is 1. The number of nitrogens with zero attached hydrogens (tertiary/aromatic N) is 1. The Balaban J connectivity index is 1.68. The lowest BCUT2D eigenvalue weighted by molar-refractivity contribution is -0.144. The van der Waals surface area contributed by atoms with Crippen LogP contribution < -0.4 is 5.56 Å². The zero-order valence-corrected chi connectivity index (χ0v) is 16.9. The second-order valence-corrected chi connectivity index (χ2v) is 8.43. The van der Waals surface area contributed by atoms with Crippen molar-refractivity contribution < 1.29 is 9.53 Å². The van der Waals surface area contributed by atoms with E-state index in [1.807, 2.05) is 17.9 Å². The van der Waals surface area contributed by atoms with Crippen molar-refractivity contribution in [3.63, 3.8) is 0 Å². The van der Waals surface area contributed by atoms with Crippen LogP contribution in [-0.2, 0) is 16.1 Å². The van der Waals surface area contributed by atoms with Gasteiger partial charge in [-0.1, -0.05) is 30.9 Å². The predicted octanol–water partition coefficient (Wildman–Crippen LogP) is 3.99. The van der Waals surface area contributed by atoms with Crippen LogP contribution in [0.2, 0.25) is 0 Å². The quantitative estimate of drug-likeness (QED) is 0.870. The summed E-state index contributed by atoms with van der Waals surface area (Å²) in [6.07, 6.45) is 6.93. The highest BCUT2D eigenvalue weighted by Gasteiger charge is 2.33. The number of hydrogen-bond donors (Lipinski definition) is 1. The van der Waals surface area contributed by atoms with E-state index in [4.69, 9.17) is 4.74 Å². The summed E-state index contributed by atoms with van der Waals surface area (Å²) in [5.41, 5.74) is 3.68. The molecule has 1 aliphatic heterocycles. The summed E-state index contributed by atoms with van der Waals surface area (Å²) >= 11 is 0. The maximum atomic E-state index is 13.2. The van der Waals surface area contributed by atoms with Gasteiger partial charge in [-0.3, -0.25) is 9.59 Å². The summed E-state index contributed by atoms with van der Waals surface area (Å²) in [7, 11) is 0. The van der Waals surface area contributed by atoms with Crippen LogP contribution in [-0.4, -0.2) is 34.5 Å². The standard InChI is InChI=1S/C23H30N2O3/c1-15-11-16(2)21-17(12-15)13-18(22(26)24-21)14-25(19-7-4-3-5-8-19)23(27)20-9-6-10-28-20/h11-13,19-20H,3-10,14H2,1-2H3,(H,24,26)/t20-/m0/s1. The summed E-state index contributed by atoms with van der Waals surface area (Å²) in [5, 5.41) is 1.03. The molecule has 1 aromatic carbocycles. The number of aromatic amines is 1. The smallest absolute Gasteiger partial charge is 0.253 e. The van der Waals surface area contributed by atoms with Crippen LogP contribution in [0.1, 0.15) is 61.6 Å². The van der Waals surface area contributed by atoms with Gasteiger partial charge in [0.2, 0.25) is 0 Å². The molecule has 1 aliphatic carbocycles. The lowest BCUT2D eigenvalue weighted by Gasteiger charge is -2.35. The molecule has 1 amide bonds. The number of carbonyl (C=O) groups is 1. The lowest BCUT2D eigenvalue weighted by Crippen LogP contribution is -2.46. The first-order valence-corrected chi connectivity index (χ1v) is 10.6. The van der Waals surface area contributed by atoms with E-state index >= 15 is 0 Å². The SMILES string of the molecule is Cc1cc(C)c2[nH]c(=O)c(CN(C(=O)[C@@H]3CCCO3)C3CCCCC3)cc2c1. The summed E-state index contributed by atoms with van der Waals surface area (Å²) in [4.78, 5) is 31.0. The molecule has 1 aromatic heterocycles. The van der Waals surface area contributed by atoms with Gasteiger partial charge in [-0.05, 0) is 62.6 Å². The van der Waals surface area contributed by atoms with Crippen molar-refractivity contribution in [2.24, 2.45) is 0 Å². The molecule has 2 fully saturated rings. The highest BCUT2D eigenvalue weighted by Crippen LogP contribution is 2.27. The molecule has 4 rings (SSSR count). The largest absolute Gasteiger partial charge is 0.368 e. The Hall–Kier alpha value is -2.14. The summed E-state index contributed by atoms with van der Waals surface area (Å²) in [5.74, 6) is 0.0596. The van der Waals surface area contributed by atoms with Crippen LogP contribution in [0.5, 0.6) is 0 Å². The predicted molar refractivity (Wildman–Crippen MR) is 110 cm³/mol. The summed E-state index contributed by atoms with van der Waals surface area (Å²) in [6.45, 7) is 5.10. The van der Waals surface area contributed by atoms with Crippen LogP contribution in [0.3, 0.4) is 0 Å². The number of hydrogen-bond acceptors (Lipinski definition) is 3. The third kappa shape index (κ3) is 3.86.